The molecule has 3 aromatic carbocycles. The van der Waals surface area contributed by atoms with Gasteiger partial charge in [0.05, 0.1) is 28.5 Å². The average molecular weight is 611 g/mol. The number of benzene rings is 3. The lowest BCUT2D eigenvalue weighted by molar-refractivity contribution is 0.673. The average Bonchev–Trinajstić information content (AvgIpc) is 2.88. The number of aromatic nitrogens is 2. The Balaban J connectivity index is 1.80. The van der Waals surface area contributed by atoms with Crippen molar-refractivity contribution >= 4 is 48.9 Å². The Morgan fingerprint density at radius 1 is 0.595 bits per heavy atom. The van der Waals surface area contributed by atoms with E-state index < -0.39 is 5.41 Å². The number of para-hydroxylation sites is 2. The molecule has 5 aromatic rings. The van der Waals surface area contributed by atoms with Gasteiger partial charge < -0.3 is 4.90 Å². The molecule has 0 saturated carbocycles. The van der Waals surface area contributed by atoms with E-state index in [4.69, 9.17) is 9.97 Å². The molecule has 0 atom stereocenters. The Kier molecular flexibility index (Phi) is 6.01. The summed E-state index contributed by atoms with van der Waals surface area (Å²) in [5.41, 5.74) is 10.6. The van der Waals surface area contributed by atoms with E-state index >= 15 is 0 Å². The van der Waals surface area contributed by atoms with E-state index in [1.54, 1.807) is 0 Å². The fraction of sp³-hybridized carbons (Fsp3) is 0.125. The number of hydrogen-bond donors (Lipinski definition) is 0. The normalized spacial score (nSPS) is 13.7. The van der Waals surface area contributed by atoms with Gasteiger partial charge in [-0.2, -0.15) is 0 Å². The summed E-state index contributed by atoms with van der Waals surface area (Å²) in [7, 11) is 0. The Labute approximate surface area is 234 Å². The third kappa shape index (κ3) is 3.75. The van der Waals surface area contributed by atoms with Crippen molar-refractivity contribution in [3.8, 4) is 0 Å². The van der Waals surface area contributed by atoms with Gasteiger partial charge in [-0.3, -0.25) is 0 Å². The Morgan fingerprint density at radius 2 is 1.05 bits per heavy atom. The summed E-state index contributed by atoms with van der Waals surface area (Å²) in [5.74, 6) is 0. The highest BCUT2D eigenvalue weighted by Crippen LogP contribution is 2.57. The number of nitrogens with zero attached hydrogens (tertiary/aromatic N) is 3. The molecule has 0 amide bonds. The molecule has 0 spiro atoms. The largest absolute Gasteiger partial charge is 0.309 e. The van der Waals surface area contributed by atoms with Crippen molar-refractivity contribution in [1.29, 1.82) is 0 Å². The summed E-state index contributed by atoms with van der Waals surface area (Å²) in [5, 5.41) is 0. The second kappa shape index (κ2) is 9.23. The van der Waals surface area contributed by atoms with Gasteiger partial charge in [0, 0.05) is 0 Å². The van der Waals surface area contributed by atoms with E-state index in [9.17, 15) is 0 Å². The lowest BCUT2D eigenvalue weighted by Crippen LogP contribution is -2.39. The maximum absolute atomic E-state index is 5.06. The number of fused-ring (bicyclic) bond motifs is 2. The first-order chi connectivity index (χ1) is 17.9. The summed E-state index contributed by atoms with van der Waals surface area (Å²) in [6, 6.07) is 34.1. The summed E-state index contributed by atoms with van der Waals surface area (Å²) < 4.78 is 1.59. The van der Waals surface area contributed by atoms with Crippen LogP contribution in [0.3, 0.4) is 0 Å². The van der Waals surface area contributed by atoms with Crippen LogP contribution in [0.25, 0.3) is 0 Å². The van der Waals surface area contributed by atoms with Crippen molar-refractivity contribution in [1.82, 2.24) is 9.97 Å². The standard InChI is InChI=1S/C32H25Br2N3/c1-20-18-21(2)31(22(3)19-20)37-25-12-6-4-10-23(25)32(24-11-5-7-13-26(24)37,27-14-8-16-29(33)35-27)28-15-9-17-30(34)36-28/h4-19H,1-3H3. The van der Waals surface area contributed by atoms with E-state index in [2.05, 4.69) is 142 Å². The van der Waals surface area contributed by atoms with Gasteiger partial charge >= 0.3 is 0 Å². The van der Waals surface area contributed by atoms with Crippen LogP contribution in [0.15, 0.2) is 106 Å². The monoisotopic (exact) mass is 609 g/mol. The van der Waals surface area contributed by atoms with Crippen molar-refractivity contribution < 1.29 is 0 Å². The Hall–Kier alpha value is -3.28. The molecule has 37 heavy (non-hydrogen) atoms. The fourth-order valence-corrected chi connectivity index (χ4v) is 6.62. The molecule has 0 N–H and O–H groups in total. The van der Waals surface area contributed by atoms with Gasteiger partial charge in [0.25, 0.3) is 0 Å². The van der Waals surface area contributed by atoms with Crippen LogP contribution >= 0.6 is 31.9 Å². The third-order valence-electron chi connectivity index (χ3n) is 7.16. The number of halogens is 2. The minimum absolute atomic E-state index is 0.718. The van der Waals surface area contributed by atoms with E-state index in [0.29, 0.717) is 0 Å². The van der Waals surface area contributed by atoms with Gasteiger partial charge in [-0.05, 0) is 111 Å². The van der Waals surface area contributed by atoms with E-state index in [0.717, 1.165) is 43.1 Å². The molecule has 0 unspecified atom stereocenters. The van der Waals surface area contributed by atoms with Crippen molar-refractivity contribution in [2.45, 2.75) is 26.2 Å². The van der Waals surface area contributed by atoms with E-state index in [1.807, 2.05) is 12.1 Å². The van der Waals surface area contributed by atoms with E-state index in [1.165, 1.54) is 22.4 Å². The Bertz CT molecular complexity index is 1540. The van der Waals surface area contributed by atoms with Crippen LogP contribution in [0.4, 0.5) is 17.1 Å². The number of aryl methyl sites for hydroxylation is 3. The van der Waals surface area contributed by atoms with Gasteiger partial charge in [0.15, 0.2) is 0 Å². The first kappa shape index (κ1) is 24.1. The maximum Gasteiger partial charge on any atom is 0.109 e. The third-order valence-corrected chi connectivity index (χ3v) is 8.04. The zero-order chi connectivity index (χ0) is 25.7. The molecule has 0 radical (unpaired) electrons. The van der Waals surface area contributed by atoms with Crippen LogP contribution in [-0.2, 0) is 5.41 Å². The topological polar surface area (TPSA) is 29.0 Å². The van der Waals surface area contributed by atoms with Gasteiger partial charge in [-0.15, -0.1) is 0 Å². The molecule has 0 aliphatic carbocycles. The first-order valence-electron chi connectivity index (χ1n) is 12.2. The second-order valence-electron chi connectivity index (χ2n) is 9.56. The quantitative estimate of drug-likeness (QED) is 0.187. The SMILES string of the molecule is Cc1cc(C)c(N2c3ccccc3C(c3cccc(Br)n3)(c3cccc(Br)n3)c3ccccc32)c(C)c1. The lowest BCUT2D eigenvalue weighted by atomic mass is 9.65. The summed E-state index contributed by atoms with van der Waals surface area (Å²) in [6.07, 6.45) is 0. The molecule has 0 fully saturated rings. The predicted octanol–water partition coefficient (Wildman–Crippen LogP) is 9.09. The maximum atomic E-state index is 5.06. The molecular formula is C32H25Br2N3. The van der Waals surface area contributed by atoms with Crippen molar-refractivity contribution in [2.24, 2.45) is 0 Å². The minimum atomic E-state index is -0.718. The molecule has 3 heterocycles. The van der Waals surface area contributed by atoms with Crippen LogP contribution in [0.5, 0.6) is 0 Å². The summed E-state index contributed by atoms with van der Waals surface area (Å²) >= 11 is 7.29. The summed E-state index contributed by atoms with van der Waals surface area (Å²) in [4.78, 5) is 12.5. The van der Waals surface area contributed by atoms with Gasteiger partial charge in [0.1, 0.15) is 14.6 Å². The highest BCUT2D eigenvalue weighted by Gasteiger charge is 2.48. The molecule has 2 aromatic heterocycles. The molecule has 0 bridgehead atoms. The predicted molar refractivity (Wildman–Crippen MR) is 158 cm³/mol. The molecule has 5 heteroatoms. The molecule has 6 rings (SSSR count). The van der Waals surface area contributed by atoms with Gasteiger partial charge in [0.2, 0.25) is 0 Å². The number of pyridine rings is 2. The van der Waals surface area contributed by atoms with Crippen LogP contribution < -0.4 is 4.90 Å². The molecule has 1 aliphatic heterocycles. The zero-order valence-corrected chi connectivity index (χ0v) is 24.0. The molecule has 3 nitrogen and oxygen atoms in total. The molecule has 182 valence electrons. The Morgan fingerprint density at radius 3 is 1.51 bits per heavy atom. The van der Waals surface area contributed by atoms with Crippen LogP contribution in [0.2, 0.25) is 0 Å². The first-order valence-corrected chi connectivity index (χ1v) is 13.8. The highest BCUT2D eigenvalue weighted by atomic mass is 79.9. The molecule has 1 aliphatic rings. The van der Waals surface area contributed by atoms with Crippen LogP contribution in [0.1, 0.15) is 39.2 Å². The zero-order valence-electron chi connectivity index (χ0n) is 20.8. The second-order valence-corrected chi connectivity index (χ2v) is 11.2. The van der Waals surface area contributed by atoms with Gasteiger partial charge in [-0.25, -0.2) is 9.97 Å². The highest BCUT2D eigenvalue weighted by molar-refractivity contribution is 9.10. The smallest absolute Gasteiger partial charge is 0.109 e. The van der Waals surface area contributed by atoms with Crippen molar-refractivity contribution in [3.63, 3.8) is 0 Å². The molecular weight excluding hydrogens is 586 g/mol. The number of rotatable bonds is 3. The van der Waals surface area contributed by atoms with Crippen LogP contribution in [-0.4, -0.2) is 9.97 Å². The van der Waals surface area contributed by atoms with E-state index in [-0.39, 0.29) is 0 Å². The summed E-state index contributed by atoms with van der Waals surface area (Å²) in [6.45, 7) is 6.56. The molecule has 0 saturated heterocycles. The van der Waals surface area contributed by atoms with Crippen molar-refractivity contribution in [3.05, 3.63) is 145 Å². The fourth-order valence-electron chi connectivity index (χ4n) is 5.93. The van der Waals surface area contributed by atoms with Crippen LogP contribution in [0, 0.1) is 20.8 Å². The lowest BCUT2D eigenvalue weighted by Gasteiger charge is -2.45. The minimum Gasteiger partial charge on any atom is -0.309 e. The number of anilines is 3. The number of hydrogen-bond acceptors (Lipinski definition) is 3. The van der Waals surface area contributed by atoms with Crippen molar-refractivity contribution in [2.75, 3.05) is 4.90 Å². The van der Waals surface area contributed by atoms with Gasteiger partial charge in [-0.1, -0.05) is 66.2 Å².